The molecule has 2 aliphatic rings. The fourth-order valence-corrected chi connectivity index (χ4v) is 13.7. The average Bonchev–Trinajstić information content (AvgIpc) is 4.38. The Morgan fingerprint density at radius 1 is 0.342 bits per heavy atom. The van der Waals surface area contributed by atoms with Crippen molar-refractivity contribution in [2.45, 2.75) is 38.5 Å². The molecule has 5 heteroatoms. The van der Waals surface area contributed by atoms with Crippen molar-refractivity contribution in [3.63, 3.8) is 0 Å². The monoisotopic (exact) mass is 1010 g/mol. The molecule has 0 unspecified atom stereocenters. The van der Waals surface area contributed by atoms with Gasteiger partial charge in [0.1, 0.15) is 0 Å². The van der Waals surface area contributed by atoms with E-state index in [0.29, 0.717) is 5.95 Å². The second-order valence-corrected chi connectivity index (χ2v) is 22.6. The second kappa shape index (κ2) is 16.8. The van der Waals surface area contributed by atoms with Crippen molar-refractivity contribution < 1.29 is 0 Å². The van der Waals surface area contributed by atoms with Gasteiger partial charge in [0.2, 0.25) is 5.95 Å². The quantitative estimate of drug-likeness (QED) is 0.160. The van der Waals surface area contributed by atoms with Gasteiger partial charge in [-0.3, -0.25) is 4.57 Å². The Kier molecular flexibility index (Phi) is 9.66. The first kappa shape index (κ1) is 45.4. The van der Waals surface area contributed by atoms with Crippen LogP contribution in [0.5, 0.6) is 0 Å². The Bertz CT molecular complexity index is 4860. The number of hydrogen-bond acceptors (Lipinski definition) is 3. The maximum atomic E-state index is 5.66. The molecule has 374 valence electrons. The van der Waals surface area contributed by atoms with E-state index in [1.54, 1.807) is 0 Å². The van der Waals surface area contributed by atoms with Crippen molar-refractivity contribution in [3.05, 3.63) is 271 Å². The molecule has 14 aromatic rings. The van der Waals surface area contributed by atoms with Gasteiger partial charge in [-0.2, -0.15) is 0 Å². The number of aromatic nitrogens is 4. The predicted octanol–water partition coefficient (Wildman–Crippen LogP) is 19.2. The molecule has 0 radical (unpaired) electrons. The summed E-state index contributed by atoms with van der Waals surface area (Å²) < 4.78 is 4.63. The van der Waals surface area contributed by atoms with Crippen LogP contribution in [0.3, 0.4) is 0 Å². The van der Waals surface area contributed by atoms with Crippen molar-refractivity contribution >= 4 is 71.6 Å². The second-order valence-electron chi connectivity index (χ2n) is 22.6. The number of anilines is 3. The van der Waals surface area contributed by atoms with Crippen LogP contribution >= 0.6 is 0 Å². The molecule has 11 aromatic carbocycles. The minimum absolute atomic E-state index is 0.165. The molecule has 0 spiro atoms. The molecule has 5 nitrogen and oxygen atoms in total. The molecule has 3 aromatic heterocycles. The predicted molar refractivity (Wildman–Crippen MR) is 329 cm³/mol. The molecular formula is C74H53N5. The van der Waals surface area contributed by atoms with Crippen LogP contribution in [0.1, 0.15) is 49.9 Å². The Balaban J connectivity index is 0.862. The third-order valence-corrected chi connectivity index (χ3v) is 17.5. The number of nitrogens with zero attached hydrogens (tertiary/aromatic N) is 5. The number of hydrogen-bond donors (Lipinski definition) is 0. The maximum Gasteiger partial charge on any atom is 0.235 e. The lowest BCUT2D eigenvalue weighted by Crippen LogP contribution is -2.17. The lowest BCUT2D eigenvalue weighted by Gasteiger charge is -2.30. The molecule has 2 aliphatic carbocycles. The highest BCUT2D eigenvalue weighted by molar-refractivity contribution is 6.13. The Labute approximate surface area is 459 Å². The molecular weight excluding hydrogens is 959 g/mol. The first-order valence-electron chi connectivity index (χ1n) is 27.5. The van der Waals surface area contributed by atoms with Gasteiger partial charge < -0.3 is 9.47 Å². The summed E-state index contributed by atoms with van der Waals surface area (Å²) >= 11 is 0. The van der Waals surface area contributed by atoms with Gasteiger partial charge >= 0.3 is 0 Å². The largest absolute Gasteiger partial charge is 0.310 e. The highest BCUT2D eigenvalue weighted by Gasteiger charge is 2.39. The van der Waals surface area contributed by atoms with E-state index in [1.807, 2.05) is 0 Å². The summed E-state index contributed by atoms with van der Waals surface area (Å²) in [5, 5.41) is 5.76. The minimum Gasteiger partial charge on any atom is -0.310 e. The highest BCUT2D eigenvalue weighted by atomic mass is 15.2. The van der Waals surface area contributed by atoms with E-state index in [2.05, 4.69) is 290 Å². The van der Waals surface area contributed by atoms with E-state index in [-0.39, 0.29) is 10.8 Å². The van der Waals surface area contributed by atoms with Crippen LogP contribution in [0.15, 0.2) is 249 Å². The molecule has 0 amide bonds. The van der Waals surface area contributed by atoms with Crippen molar-refractivity contribution in [1.29, 1.82) is 0 Å². The Hall–Kier alpha value is -9.84. The minimum atomic E-state index is -0.174. The summed E-state index contributed by atoms with van der Waals surface area (Å²) in [6.45, 7) is 9.46. The maximum absolute atomic E-state index is 5.66. The van der Waals surface area contributed by atoms with E-state index in [9.17, 15) is 0 Å². The third-order valence-electron chi connectivity index (χ3n) is 17.5. The van der Waals surface area contributed by atoms with E-state index >= 15 is 0 Å². The van der Waals surface area contributed by atoms with E-state index in [0.717, 1.165) is 72.3 Å². The van der Waals surface area contributed by atoms with Crippen LogP contribution in [0.25, 0.3) is 111 Å². The molecule has 0 fully saturated rings. The molecule has 3 heterocycles. The number of para-hydroxylation sites is 4. The fraction of sp³-hybridized carbons (Fsp3) is 0.0811. The molecule has 0 bridgehead atoms. The molecule has 0 aliphatic heterocycles. The van der Waals surface area contributed by atoms with Crippen molar-refractivity contribution in [1.82, 2.24) is 19.1 Å². The molecule has 0 atom stereocenters. The van der Waals surface area contributed by atoms with Crippen LogP contribution in [-0.2, 0) is 10.8 Å². The SMILES string of the molecule is CC1(C)c2ccccc2-c2ccc(N(c3cccc(-c4nc(-n5c6ccccc6c6cc(-c7ccc8c(c7)c7ccccc7n8-c7ccccc7)ccc65)nc5ccccc45)c3)c3cccc4c3-c3ccccc3C4(C)C)cc21. The van der Waals surface area contributed by atoms with Crippen molar-refractivity contribution in [3.8, 4) is 56.3 Å². The highest BCUT2D eigenvalue weighted by Crippen LogP contribution is 2.56. The first-order chi connectivity index (χ1) is 38.7. The number of fused-ring (bicyclic) bond motifs is 13. The zero-order valence-electron chi connectivity index (χ0n) is 44.4. The normalized spacial score (nSPS) is 13.8. The van der Waals surface area contributed by atoms with E-state index in [4.69, 9.17) is 9.97 Å². The molecule has 0 saturated heterocycles. The lowest BCUT2D eigenvalue weighted by molar-refractivity contribution is 0.660. The van der Waals surface area contributed by atoms with Crippen LogP contribution in [0.2, 0.25) is 0 Å². The summed E-state index contributed by atoms with van der Waals surface area (Å²) in [6, 6.07) is 91.2. The van der Waals surface area contributed by atoms with Crippen LogP contribution in [-0.4, -0.2) is 19.1 Å². The van der Waals surface area contributed by atoms with Gasteiger partial charge in [0.05, 0.1) is 39.0 Å². The topological polar surface area (TPSA) is 38.9 Å². The summed E-state index contributed by atoms with van der Waals surface area (Å²) in [7, 11) is 0. The third kappa shape index (κ3) is 6.63. The van der Waals surface area contributed by atoms with E-state index in [1.165, 1.54) is 71.9 Å². The standard InChI is InChI=1S/C74H53N5/c1-73(2)61-30-14-9-27-56(61)70-62(73)31-19-35-69(70)77(51-38-39-53-52-24-8-13-29-60(52)74(3,4)63(53)45-51)50-23-18-20-48(42-50)71-57-28-10-15-32-64(57)75-72(76-71)79-66-34-17-12-26-55(66)59-44-47(37-41-68(59)79)46-36-40-67-58(43-46)54-25-11-16-33-65(54)78(67)49-21-6-5-7-22-49/h5-45H,1-4H3. The Morgan fingerprint density at radius 3 is 1.63 bits per heavy atom. The summed E-state index contributed by atoms with van der Waals surface area (Å²) in [5.41, 5.74) is 24.3. The summed E-state index contributed by atoms with van der Waals surface area (Å²) in [5.74, 6) is 0.630. The number of benzene rings is 11. The smallest absolute Gasteiger partial charge is 0.235 e. The lowest BCUT2D eigenvalue weighted by atomic mass is 9.82. The molecule has 0 saturated carbocycles. The van der Waals surface area contributed by atoms with Gasteiger partial charge in [0, 0.05) is 66.0 Å². The summed E-state index contributed by atoms with van der Waals surface area (Å²) in [6.07, 6.45) is 0. The first-order valence-corrected chi connectivity index (χ1v) is 27.5. The van der Waals surface area contributed by atoms with Gasteiger partial charge in [-0.25, -0.2) is 9.97 Å². The zero-order valence-corrected chi connectivity index (χ0v) is 44.4. The van der Waals surface area contributed by atoms with Crippen molar-refractivity contribution in [2.24, 2.45) is 0 Å². The van der Waals surface area contributed by atoms with Gasteiger partial charge in [0.25, 0.3) is 0 Å². The van der Waals surface area contributed by atoms with Crippen LogP contribution < -0.4 is 4.90 Å². The van der Waals surface area contributed by atoms with Crippen LogP contribution in [0, 0.1) is 0 Å². The van der Waals surface area contributed by atoms with Crippen LogP contribution in [0.4, 0.5) is 17.1 Å². The molecule has 16 rings (SSSR count). The van der Waals surface area contributed by atoms with Gasteiger partial charge in [-0.15, -0.1) is 0 Å². The zero-order chi connectivity index (χ0) is 52.7. The summed E-state index contributed by atoms with van der Waals surface area (Å²) in [4.78, 5) is 13.6. The Morgan fingerprint density at radius 2 is 0.886 bits per heavy atom. The fourth-order valence-electron chi connectivity index (χ4n) is 13.7. The van der Waals surface area contributed by atoms with Gasteiger partial charge in [-0.05, 0) is 135 Å². The van der Waals surface area contributed by atoms with Gasteiger partial charge in [-0.1, -0.05) is 191 Å². The number of rotatable bonds is 7. The van der Waals surface area contributed by atoms with Gasteiger partial charge in [0.15, 0.2) is 0 Å². The molecule has 0 N–H and O–H groups in total. The molecule has 79 heavy (non-hydrogen) atoms. The van der Waals surface area contributed by atoms with Crippen molar-refractivity contribution in [2.75, 3.05) is 4.90 Å². The van der Waals surface area contributed by atoms with E-state index < -0.39 is 0 Å². The average molecular weight is 1010 g/mol.